The topological polar surface area (TPSA) is 40.5 Å². The largest absolute Gasteiger partial charge is 0.389 e. The number of aliphatic hydroxyl groups excluding tert-OH is 2. The van der Waals surface area contributed by atoms with Crippen LogP contribution in [0.4, 0.5) is 0 Å². The Morgan fingerprint density at radius 1 is 1.29 bits per heavy atom. The molecule has 0 bridgehead atoms. The van der Waals surface area contributed by atoms with Gasteiger partial charge in [0.2, 0.25) is 0 Å². The third-order valence-corrected chi connectivity index (χ3v) is 3.33. The van der Waals surface area contributed by atoms with Crippen molar-refractivity contribution in [1.29, 1.82) is 0 Å². The second kappa shape index (κ2) is 5.47. The van der Waals surface area contributed by atoms with Gasteiger partial charge in [0, 0.05) is 8.95 Å². The van der Waals surface area contributed by atoms with Gasteiger partial charge >= 0.3 is 0 Å². The smallest absolute Gasteiger partial charge is 0.107 e. The molecule has 0 aliphatic rings. The lowest BCUT2D eigenvalue weighted by molar-refractivity contribution is 0.0322. The zero-order chi connectivity index (χ0) is 10.7. The summed E-state index contributed by atoms with van der Waals surface area (Å²) in [6.07, 6.45) is -1.93. The average molecular weight is 344 g/mol. The summed E-state index contributed by atoms with van der Waals surface area (Å²) in [5.41, 5.74) is 0.618. The summed E-state index contributed by atoms with van der Waals surface area (Å²) in [6.45, 7) is 0. The minimum absolute atomic E-state index is 0.000119. The van der Waals surface area contributed by atoms with E-state index in [0.717, 1.165) is 8.95 Å². The summed E-state index contributed by atoms with van der Waals surface area (Å²) >= 11 is 12.0. The van der Waals surface area contributed by atoms with Gasteiger partial charge in [-0.2, -0.15) is 0 Å². The average Bonchev–Trinajstić information content (AvgIpc) is 2.19. The van der Waals surface area contributed by atoms with E-state index in [4.69, 9.17) is 11.6 Å². The van der Waals surface area contributed by atoms with Crippen LogP contribution in [0.1, 0.15) is 11.7 Å². The molecule has 0 heterocycles. The zero-order valence-electron chi connectivity index (χ0n) is 7.12. The molecule has 1 rings (SSSR count). The number of aliphatic hydroxyl groups is 2. The fourth-order valence-corrected chi connectivity index (χ4v) is 2.06. The second-order valence-corrected chi connectivity index (χ2v) is 4.91. The Morgan fingerprint density at radius 2 is 1.93 bits per heavy atom. The first kappa shape index (κ1) is 12.5. The molecule has 2 N–H and O–H groups in total. The van der Waals surface area contributed by atoms with Gasteiger partial charge in [-0.05, 0) is 23.8 Å². The number of hydrogen-bond donors (Lipinski definition) is 2. The first-order valence-corrected chi connectivity index (χ1v) is 6.05. The molecule has 0 saturated carbocycles. The van der Waals surface area contributed by atoms with Crippen LogP contribution in [0, 0.1) is 0 Å². The summed E-state index contributed by atoms with van der Waals surface area (Å²) < 4.78 is 1.59. The third kappa shape index (κ3) is 2.94. The SMILES string of the molecule is OC(CCl)C(O)c1cc(Br)ccc1Br. The molecule has 14 heavy (non-hydrogen) atoms. The van der Waals surface area contributed by atoms with Gasteiger partial charge in [-0.3, -0.25) is 0 Å². The quantitative estimate of drug-likeness (QED) is 0.828. The molecule has 2 unspecified atom stereocenters. The van der Waals surface area contributed by atoms with Crippen molar-refractivity contribution in [3.63, 3.8) is 0 Å². The van der Waals surface area contributed by atoms with E-state index in [9.17, 15) is 10.2 Å². The molecule has 2 nitrogen and oxygen atoms in total. The van der Waals surface area contributed by atoms with Gasteiger partial charge in [0.1, 0.15) is 6.10 Å². The molecule has 0 spiro atoms. The maximum Gasteiger partial charge on any atom is 0.107 e. The fourth-order valence-electron chi connectivity index (χ4n) is 1.03. The second-order valence-electron chi connectivity index (χ2n) is 2.83. The van der Waals surface area contributed by atoms with Crippen LogP contribution < -0.4 is 0 Å². The normalized spacial score (nSPS) is 15.2. The van der Waals surface area contributed by atoms with Gasteiger partial charge in [-0.1, -0.05) is 31.9 Å². The van der Waals surface area contributed by atoms with E-state index in [2.05, 4.69) is 31.9 Å². The van der Waals surface area contributed by atoms with E-state index in [0.29, 0.717) is 5.56 Å². The Hall–Kier alpha value is 0.390. The van der Waals surface area contributed by atoms with Gasteiger partial charge in [0.05, 0.1) is 12.0 Å². The van der Waals surface area contributed by atoms with Crippen LogP contribution in [-0.4, -0.2) is 22.2 Å². The molecular weight excluding hydrogens is 335 g/mol. The molecule has 0 amide bonds. The van der Waals surface area contributed by atoms with Crippen molar-refractivity contribution in [2.24, 2.45) is 0 Å². The van der Waals surface area contributed by atoms with Crippen LogP contribution in [0.2, 0.25) is 0 Å². The minimum atomic E-state index is -0.973. The van der Waals surface area contributed by atoms with Crippen molar-refractivity contribution in [2.45, 2.75) is 12.2 Å². The van der Waals surface area contributed by atoms with E-state index in [1.165, 1.54) is 0 Å². The van der Waals surface area contributed by atoms with Crippen LogP contribution in [0.15, 0.2) is 27.1 Å². The maximum atomic E-state index is 9.71. The van der Waals surface area contributed by atoms with Crippen LogP contribution in [-0.2, 0) is 0 Å². The zero-order valence-corrected chi connectivity index (χ0v) is 11.1. The molecule has 5 heteroatoms. The number of benzene rings is 1. The molecule has 1 aromatic rings. The summed E-state index contributed by atoms with van der Waals surface area (Å²) in [6, 6.07) is 5.38. The van der Waals surface area contributed by atoms with E-state index in [1.807, 2.05) is 6.07 Å². The van der Waals surface area contributed by atoms with Gasteiger partial charge in [-0.25, -0.2) is 0 Å². The highest BCUT2D eigenvalue weighted by Crippen LogP contribution is 2.28. The molecule has 1 aromatic carbocycles. The lowest BCUT2D eigenvalue weighted by Gasteiger charge is -2.17. The highest BCUT2D eigenvalue weighted by molar-refractivity contribution is 9.11. The number of halogens is 3. The monoisotopic (exact) mass is 342 g/mol. The van der Waals surface area contributed by atoms with Crippen LogP contribution in [0.25, 0.3) is 0 Å². The Labute approximate surface area is 104 Å². The summed E-state index contributed by atoms with van der Waals surface area (Å²) in [5, 5.41) is 19.1. The van der Waals surface area contributed by atoms with E-state index in [-0.39, 0.29) is 5.88 Å². The molecule has 0 fully saturated rings. The van der Waals surface area contributed by atoms with Crippen LogP contribution in [0.5, 0.6) is 0 Å². The summed E-state index contributed by atoms with van der Waals surface area (Å²) in [4.78, 5) is 0. The van der Waals surface area contributed by atoms with Gasteiger partial charge in [-0.15, -0.1) is 11.6 Å². The number of alkyl halides is 1. The highest BCUT2D eigenvalue weighted by atomic mass is 79.9. The molecular formula is C9H9Br2ClO2. The Bertz CT molecular complexity index is 320. The highest BCUT2D eigenvalue weighted by Gasteiger charge is 2.19. The fraction of sp³-hybridized carbons (Fsp3) is 0.333. The predicted molar refractivity (Wildman–Crippen MR) is 63.5 cm³/mol. The first-order valence-electron chi connectivity index (χ1n) is 3.93. The van der Waals surface area contributed by atoms with E-state index in [1.54, 1.807) is 12.1 Å². The van der Waals surface area contributed by atoms with E-state index >= 15 is 0 Å². The van der Waals surface area contributed by atoms with Crippen LogP contribution in [0.3, 0.4) is 0 Å². The van der Waals surface area contributed by atoms with Crippen molar-refractivity contribution in [1.82, 2.24) is 0 Å². The van der Waals surface area contributed by atoms with Gasteiger partial charge in [0.25, 0.3) is 0 Å². The van der Waals surface area contributed by atoms with Crippen molar-refractivity contribution >= 4 is 43.5 Å². The third-order valence-electron chi connectivity index (χ3n) is 1.80. The predicted octanol–water partition coefficient (Wildman–Crippen LogP) is 2.84. The number of hydrogen-bond acceptors (Lipinski definition) is 2. The van der Waals surface area contributed by atoms with Crippen molar-refractivity contribution in [2.75, 3.05) is 5.88 Å². The molecule has 0 radical (unpaired) electrons. The molecule has 0 aliphatic heterocycles. The van der Waals surface area contributed by atoms with Crippen LogP contribution >= 0.6 is 43.5 Å². The van der Waals surface area contributed by atoms with Crippen molar-refractivity contribution < 1.29 is 10.2 Å². The molecule has 0 aliphatic carbocycles. The lowest BCUT2D eigenvalue weighted by Crippen LogP contribution is -2.20. The Kier molecular flexibility index (Phi) is 4.87. The molecule has 78 valence electrons. The van der Waals surface area contributed by atoms with Crippen molar-refractivity contribution in [3.8, 4) is 0 Å². The summed E-state index contributed by atoms with van der Waals surface area (Å²) in [5.74, 6) is 0.000119. The minimum Gasteiger partial charge on any atom is -0.389 e. The van der Waals surface area contributed by atoms with E-state index < -0.39 is 12.2 Å². The van der Waals surface area contributed by atoms with Gasteiger partial charge < -0.3 is 10.2 Å². The first-order chi connectivity index (χ1) is 6.56. The molecule has 2 atom stereocenters. The maximum absolute atomic E-state index is 9.71. The number of rotatable bonds is 3. The lowest BCUT2D eigenvalue weighted by atomic mass is 10.1. The molecule has 0 saturated heterocycles. The standard InChI is InChI=1S/C9H9Br2ClO2/c10-5-1-2-7(11)6(3-5)9(14)8(13)4-12/h1-3,8-9,13-14H,4H2. The van der Waals surface area contributed by atoms with Crippen molar-refractivity contribution in [3.05, 3.63) is 32.7 Å². The Morgan fingerprint density at radius 3 is 2.50 bits per heavy atom. The Balaban J connectivity index is 2.99. The molecule has 0 aromatic heterocycles. The summed E-state index contributed by atoms with van der Waals surface area (Å²) in [7, 11) is 0. The van der Waals surface area contributed by atoms with Gasteiger partial charge in [0.15, 0.2) is 0 Å².